The zero-order chi connectivity index (χ0) is 22.7. The smallest absolute Gasteiger partial charge is 0.165 e. The number of aliphatic hydroxyl groups is 1. The van der Waals surface area contributed by atoms with Crippen LogP contribution in [0.15, 0.2) is 24.4 Å². The second-order valence-corrected chi connectivity index (χ2v) is 8.96. The maximum Gasteiger partial charge on any atom is 0.165 e. The van der Waals surface area contributed by atoms with Crippen LogP contribution in [0.3, 0.4) is 0 Å². The van der Waals surface area contributed by atoms with Gasteiger partial charge in [-0.3, -0.25) is 0 Å². The number of aliphatic hydroxyl groups excluding tert-OH is 1. The number of rotatable bonds is 8. The van der Waals surface area contributed by atoms with E-state index in [9.17, 15) is 9.50 Å². The number of hydrogen-bond acceptors (Lipinski definition) is 8. The predicted molar refractivity (Wildman–Crippen MR) is 129 cm³/mol. The fourth-order valence-corrected chi connectivity index (χ4v) is 3.85. The molecule has 7 nitrogen and oxygen atoms in total. The Morgan fingerprint density at radius 3 is 2.53 bits per heavy atom. The van der Waals surface area contributed by atoms with Crippen molar-refractivity contribution in [2.24, 2.45) is 5.73 Å². The molecule has 0 bridgehead atoms. The number of anilines is 1. The molecule has 2 atom stereocenters. The summed E-state index contributed by atoms with van der Waals surface area (Å²) in [6, 6.07) is 4.25. The molecule has 32 heavy (non-hydrogen) atoms. The quantitative estimate of drug-likeness (QED) is 0.410. The number of nitrogens with zero attached hydrogens (tertiary/aromatic N) is 3. The zero-order valence-electron chi connectivity index (χ0n) is 18.1. The van der Waals surface area contributed by atoms with Crippen molar-refractivity contribution in [3.05, 3.63) is 40.8 Å². The lowest BCUT2D eigenvalue weighted by Gasteiger charge is -2.16. The van der Waals surface area contributed by atoms with Gasteiger partial charge in [0.2, 0.25) is 0 Å². The first kappa shape index (κ1) is 26.2. The van der Waals surface area contributed by atoms with Crippen molar-refractivity contribution in [3.63, 3.8) is 0 Å². The highest BCUT2D eigenvalue weighted by Gasteiger charge is 2.18. The number of benzene rings is 1. The van der Waals surface area contributed by atoms with Gasteiger partial charge in [-0.2, -0.15) is 0 Å². The first-order valence-electron chi connectivity index (χ1n) is 9.78. The van der Waals surface area contributed by atoms with Gasteiger partial charge >= 0.3 is 0 Å². The molecular formula is C21H26Cl2FN5O2S. The van der Waals surface area contributed by atoms with Gasteiger partial charge < -0.3 is 20.9 Å². The van der Waals surface area contributed by atoms with E-state index in [1.54, 1.807) is 13.1 Å². The molecule has 11 heteroatoms. The van der Waals surface area contributed by atoms with E-state index in [4.69, 9.17) is 22.1 Å². The molecule has 0 spiro atoms. The van der Waals surface area contributed by atoms with Crippen LogP contribution in [0.5, 0.6) is 5.75 Å². The summed E-state index contributed by atoms with van der Waals surface area (Å²) in [7, 11) is 0. The second-order valence-electron chi connectivity index (χ2n) is 7.58. The minimum absolute atomic E-state index is 0. The number of pyridine rings is 1. The molecule has 2 heterocycles. The molecule has 2 aromatic heterocycles. The standard InChI is InChI=1S/C21H25ClFN5O2S.ClH/c1-10(2)26-19-11(3)5-13(8-25-19)20-27-28-21(31-20)14-6-16(23)18(7-15(14)22)30-9-17(24)12(4)29;/h5-8,10,12,17,29H,9,24H2,1-4H3,(H,25,26);1H/t12-,17+;/m1./s1. The molecule has 0 aliphatic heterocycles. The topological polar surface area (TPSA) is 106 Å². The molecule has 0 radical (unpaired) electrons. The molecule has 4 N–H and O–H groups in total. The Kier molecular flexibility index (Phi) is 9.18. The second kappa shape index (κ2) is 11.2. The van der Waals surface area contributed by atoms with Gasteiger partial charge in [0.15, 0.2) is 11.6 Å². The molecule has 3 aromatic rings. The minimum atomic E-state index is -0.772. The summed E-state index contributed by atoms with van der Waals surface area (Å²) >= 11 is 7.65. The Bertz CT molecular complexity index is 1060. The molecule has 0 fully saturated rings. The highest BCUT2D eigenvalue weighted by atomic mass is 35.5. The fourth-order valence-electron chi connectivity index (χ4n) is 2.69. The predicted octanol–water partition coefficient (Wildman–Crippen LogP) is 4.70. The van der Waals surface area contributed by atoms with Crippen molar-refractivity contribution in [1.29, 1.82) is 0 Å². The van der Waals surface area contributed by atoms with Gasteiger partial charge in [0.25, 0.3) is 0 Å². The summed E-state index contributed by atoms with van der Waals surface area (Å²) < 4.78 is 19.9. The lowest BCUT2D eigenvalue weighted by Crippen LogP contribution is -2.38. The van der Waals surface area contributed by atoms with Crippen molar-refractivity contribution in [2.75, 3.05) is 11.9 Å². The Hall–Kier alpha value is -2.04. The monoisotopic (exact) mass is 501 g/mol. The van der Waals surface area contributed by atoms with E-state index < -0.39 is 18.0 Å². The van der Waals surface area contributed by atoms with Gasteiger partial charge in [0, 0.05) is 29.4 Å². The Labute approximate surface area is 201 Å². The normalized spacial score (nSPS) is 12.9. The first-order valence-corrected chi connectivity index (χ1v) is 11.0. The lowest BCUT2D eigenvalue weighted by molar-refractivity contribution is 0.129. The maximum absolute atomic E-state index is 14.6. The van der Waals surface area contributed by atoms with Gasteiger partial charge in [-0.1, -0.05) is 22.9 Å². The molecule has 0 unspecified atom stereocenters. The average Bonchev–Trinajstić information content (AvgIpc) is 3.19. The van der Waals surface area contributed by atoms with Crippen LogP contribution in [0.25, 0.3) is 21.1 Å². The third-order valence-electron chi connectivity index (χ3n) is 4.48. The number of halogens is 3. The zero-order valence-corrected chi connectivity index (χ0v) is 20.5. The largest absolute Gasteiger partial charge is 0.489 e. The van der Waals surface area contributed by atoms with E-state index in [1.807, 2.05) is 26.8 Å². The molecule has 0 saturated carbocycles. The van der Waals surface area contributed by atoms with E-state index in [1.165, 1.54) is 23.5 Å². The molecular weight excluding hydrogens is 476 g/mol. The number of nitrogens with two attached hydrogens (primary N) is 1. The molecule has 0 amide bonds. The highest BCUT2D eigenvalue weighted by molar-refractivity contribution is 7.18. The van der Waals surface area contributed by atoms with Crippen molar-refractivity contribution in [2.45, 2.75) is 45.9 Å². The number of aromatic nitrogens is 3. The average molecular weight is 502 g/mol. The highest BCUT2D eigenvalue weighted by Crippen LogP contribution is 2.37. The van der Waals surface area contributed by atoms with Crippen LogP contribution < -0.4 is 15.8 Å². The minimum Gasteiger partial charge on any atom is -0.489 e. The van der Waals surface area contributed by atoms with Gasteiger partial charge in [-0.25, -0.2) is 9.37 Å². The summed E-state index contributed by atoms with van der Waals surface area (Å²) in [6.07, 6.45) is 0.956. The summed E-state index contributed by atoms with van der Waals surface area (Å²) in [4.78, 5) is 4.46. The van der Waals surface area contributed by atoms with Crippen molar-refractivity contribution in [3.8, 4) is 26.9 Å². The first-order chi connectivity index (χ1) is 14.7. The maximum atomic E-state index is 14.6. The summed E-state index contributed by atoms with van der Waals surface area (Å²) in [6.45, 7) is 7.57. The van der Waals surface area contributed by atoms with Crippen LogP contribution in [0, 0.1) is 12.7 Å². The number of hydrogen-bond donors (Lipinski definition) is 3. The Balaban J connectivity index is 0.00000363. The number of aryl methyl sites for hydroxylation is 1. The van der Waals surface area contributed by atoms with Crippen LogP contribution in [0.4, 0.5) is 10.2 Å². The van der Waals surface area contributed by atoms with Crippen LogP contribution >= 0.6 is 35.3 Å². The Morgan fingerprint density at radius 2 is 1.91 bits per heavy atom. The van der Waals surface area contributed by atoms with Gasteiger partial charge in [0.05, 0.1) is 17.2 Å². The fraction of sp³-hybridized carbons (Fsp3) is 0.381. The molecule has 0 aliphatic carbocycles. The third-order valence-corrected chi connectivity index (χ3v) is 5.80. The van der Waals surface area contributed by atoms with Crippen LogP contribution in [-0.2, 0) is 0 Å². The molecule has 3 rings (SSSR count). The van der Waals surface area contributed by atoms with E-state index in [0.717, 1.165) is 16.9 Å². The summed E-state index contributed by atoms with van der Waals surface area (Å²) in [5, 5.41) is 22.5. The van der Waals surface area contributed by atoms with Crippen molar-refractivity contribution < 1.29 is 14.2 Å². The van der Waals surface area contributed by atoms with Gasteiger partial charge in [-0.15, -0.1) is 22.6 Å². The van der Waals surface area contributed by atoms with E-state index >= 15 is 0 Å². The number of nitrogens with one attached hydrogen (secondary N) is 1. The van der Waals surface area contributed by atoms with E-state index in [-0.39, 0.29) is 35.8 Å². The van der Waals surface area contributed by atoms with Crippen LogP contribution in [0.2, 0.25) is 5.02 Å². The molecule has 0 saturated heterocycles. The Morgan fingerprint density at radius 1 is 1.22 bits per heavy atom. The van der Waals surface area contributed by atoms with E-state index in [2.05, 4.69) is 20.5 Å². The molecule has 174 valence electrons. The third kappa shape index (κ3) is 6.26. The summed E-state index contributed by atoms with van der Waals surface area (Å²) in [5.74, 6) is 0.178. The van der Waals surface area contributed by atoms with Crippen molar-refractivity contribution >= 4 is 41.2 Å². The SMILES string of the molecule is Cc1cc(-c2nnc(-c3cc(F)c(OC[C@H](N)[C@@H](C)O)cc3Cl)s2)cnc1NC(C)C.Cl. The van der Waals surface area contributed by atoms with Crippen LogP contribution in [0.1, 0.15) is 26.3 Å². The van der Waals surface area contributed by atoms with Gasteiger partial charge in [-0.05, 0) is 45.4 Å². The number of ether oxygens (including phenoxy) is 1. The van der Waals surface area contributed by atoms with E-state index in [0.29, 0.717) is 15.6 Å². The molecule has 0 aliphatic rings. The lowest BCUT2D eigenvalue weighted by atomic mass is 10.2. The molecule has 1 aromatic carbocycles. The van der Waals surface area contributed by atoms with Crippen LogP contribution in [-0.4, -0.2) is 45.1 Å². The van der Waals surface area contributed by atoms with Gasteiger partial charge in [0.1, 0.15) is 22.4 Å². The summed E-state index contributed by atoms with van der Waals surface area (Å²) in [5.41, 5.74) is 7.94. The van der Waals surface area contributed by atoms with Crippen molar-refractivity contribution in [1.82, 2.24) is 15.2 Å².